The fourth-order valence-corrected chi connectivity index (χ4v) is 2.54. The molecule has 20 heavy (non-hydrogen) atoms. The molecule has 0 unspecified atom stereocenters. The largest absolute Gasteiger partial charge is 0.492 e. The number of rotatable bonds is 4. The number of benzene rings is 1. The Balaban J connectivity index is 2.03. The third-order valence-corrected chi connectivity index (χ3v) is 3.69. The number of ether oxygens (including phenoxy) is 2. The van der Waals surface area contributed by atoms with Crippen LogP contribution in [0, 0.1) is 5.92 Å². The molecule has 1 aromatic rings. The van der Waals surface area contributed by atoms with E-state index in [2.05, 4.69) is 4.90 Å². The summed E-state index contributed by atoms with van der Waals surface area (Å²) in [6.45, 7) is 4.22. The molecular weight excluding hydrogens is 256 g/mol. The Morgan fingerprint density at radius 1 is 1.40 bits per heavy atom. The first kappa shape index (κ1) is 14.5. The lowest BCUT2D eigenvalue weighted by atomic mass is 9.96. The first-order chi connectivity index (χ1) is 9.65. The van der Waals surface area contributed by atoms with Crippen molar-refractivity contribution in [1.29, 1.82) is 0 Å². The molecule has 1 saturated heterocycles. The molecule has 0 bridgehead atoms. The summed E-state index contributed by atoms with van der Waals surface area (Å²) in [5.41, 5.74) is 7.62. The number of hydrogen-bond donors (Lipinski definition) is 1. The summed E-state index contributed by atoms with van der Waals surface area (Å²) < 4.78 is 10.3. The maximum absolute atomic E-state index is 11.5. The van der Waals surface area contributed by atoms with E-state index in [1.54, 1.807) is 0 Å². The van der Waals surface area contributed by atoms with Crippen LogP contribution in [-0.4, -0.2) is 32.8 Å². The van der Waals surface area contributed by atoms with Gasteiger partial charge in [-0.15, -0.1) is 0 Å². The first-order valence-corrected chi connectivity index (χ1v) is 7.00. The highest BCUT2D eigenvalue weighted by Gasteiger charge is 2.25. The summed E-state index contributed by atoms with van der Waals surface area (Å²) in [7, 11) is 1.45. The number of nitrogens with zero attached hydrogens (tertiary/aromatic N) is 1. The van der Waals surface area contributed by atoms with E-state index in [9.17, 15) is 4.79 Å². The second kappa shape index (κ2) is 6.50. The van der Waals surface area contributed by atoms with Crippen LogP contribution < -0.4 is 15.4 Å². The number of methoxy groups -OCH3 is 1. The number of carbonyl (C=O) groups excluding carboxylic acids is 1. The molecule has 0 aliphatic carbocycles. The van der Waals surface area contributed by atoms with Crippen LogP contribution in [0.5, 0.6) is 5.75 Å². The molecule has 1 fully saturated rings. The molecule has 2 N–H and O–H groups in total. The fraction of sp³-hybridized carbons (Fsp3) is 0.533. The Bertz CT molecular complexity index is 468. The maximum atomic E-state index is 11.5. The van der Waals surface area contributed by atoms with Crippen LogP contribution in [0.2, 0.25) is 0 Å². The standard InChI is InChI=1S/C15H22N2O3/c1-3-20-14-10-12(4-5-13(14)16)17-8-6-11(7-9-17)15(18)19-2/h4-5,10-11H,3,6-9,16H2,1-2H3. The summed E-state index contributed by atoms with van der Waals surface area (Å²) >= 11 is 0. The number of carbonyl (C=O) groups is 1. The summed E-state index contributed by atoms with van der Waals surface area (Å²) in [5.74, 6) is 0.647. The lowest BCUT2D eigenvalue weighted by molar-refractivity contribution is -0.146. The van der Waals surface area contributed by atoms with Crippen LogP contribution in [0.15, 0.2) is 18.2 Å². The van der Waals surface area contributed by atoms with E-state index in [1.165, 1.54) is 7.11 Å². The molecule has 5 heteroatoms. The van der Waals surface area contributed by atoms with Crippen molar-refractivity contribution in [2.75, 3.05) is 37.4 Å². The van der Waals surface area contributed by atoms with E-state index >= 15 is 0 Å². The van der Waals surface area contributed by atoms with Gasteiger partial charge in [0.15, 0.2) is 0 Å². The summed E-state index contributed by atoms with van der Waals surface area (Å²) in [6.07, 6.45) is 1.64. The van der Waals surface area contributed by atoms with Crippen LogP contribution in [0.1, 0.15) is 19.8 Å². The van der Waals surface area contributed by atoms with E-state index in [0.29, 0.717) is 12.3 Å². The van der Waals surface area contributed by atoms with Gasteiger partial charge in [0.1, 0.15) is 5.75 Å². The van der Waals surface area contributed by atoms with Gasteiger partial charge in [0.05, 0.1) is 25.3 Å². The number of piperidine rings is 1. The molecule has 110 valence electrons. The Labute approximate surface area is 119 Å². The molecule has 1 aliphatic rings. The minimum absolute atomic E-state index is 0.0244. The van der Waals surface area contributed by atoms with Crippen molar-refractivity contribution in [2.24, 2.45) is 5.92 Å². The van der Waals surface area contributed by atoms with Crippen LogP contribution in [-0.2, 0) is 9.53 Å². The van der Waals surface area contributed by atoms with Crippen LogP contribution in [0.25, 0.3) is 0 Å². The third kappa shape index (κ3) is 3.15. The van der Waals surface area contributed by atoms with E-state index in [4.69, 9.17) is 15.2 Å². The van der Waals surface area contributed by atoms with Crippen molar-refractivity contribution in [3.63, 3.8) is 0 Å². The molecule has 1 aromatic carbocycles. The van der Waals surface area contributed by atoms with Gasteiger partial charge in [-0.1, -0.05) is 0 Å². The predicted octanol–water partition coefficient (Wildman–Crippen LogP) is 2.06. The highest BCUT2D eigenvalue weighted by molar-refractivity contribution is 5.73. The van der Waals surface area contributed by atoms with Crippen molar-refractivity contribution >= 4 is 17.3 Å². The zero-order valence-electron chi connectivity index (χ0n) is 12.1. The van der Waals surface area contributed by atoms with Crippen molar-refractivity contribution < 1.29 is 14.3 Å². The molecule has 0 atom stereocenters. The lowest BCUT2D eigenvalue weighted by Crippen LogP contribution is -2.36. The second-order valence-corrected chi connectivity index (χ2v) is 4.94. The van der Waals surface area contributed by atoms with Gasteiger partial charge in [-0.2, -0.15) is 0 Å². The molecule has 2 rings (SSSR count). The smallest absolute Gasteiger partial charge is 0.308 e. The minimum Gasteiger partial charge on any atom is -0.492 e. The number of anilines is 2. The first-order valence-electron chi connectivity index (χ1n) is 7.00. The molecule has 1 heterocycles. The number of nitrogen functional groups attached to an aromatic ring is 1. The van der Waals surface area contributed by atoms with Gasteiger partial charge in [0, 0.05) is 24.8 Å². The zero-order valence-corrected chi connectivity index (χ0v) is 12.1. The van der Waals surface area contributed by atoms with Crippen molar-refractivity contribution in [3.05, 3.63) is 18.2 Å². The summed E-state index contributed by atoms with van der Waals surface area (Å²) in [4.78, 5) is 13.8. The zero-order chi connectivity index (χ0) is 14.5. The maximum Gasteiger partial charge on any atom is 0.308 e. The number of esters is 1. The van der Waals surface area contributed by atoms with Gasteiger partial charge in [-0.05, 0) is 31.9 Å². The van der Waals surface area contributed by atoms with Gasteiger partial charge >= 0.3 is 5.97 Å². The highest BCUT2D eigenvalue weighted by atomic mass is 16.5. The van der Waals surface area contributed by atoms with E-state index < -0.39 is 0 Å². The van der Waals surface area contributed by atoms with Gasteiger partial charge in [0.25, 0.3) is 0 Å². The summed E-state index contributed by atoms with van der Waals surface area (Å²) in [5, 5.41) is 0. The van der Waals surface area contributed by atoms with E-state index in [0.717, 1.165) is 37.4 Å². The second-order valence-electron chi connectivity index (χ2n) is 4.94. The average Bonchev–Trinajstić information content (AvgIpc) is 2.49. The van der Waals surface area contributed by atoms with Gasteiger partial charge in [0.2, 0.25) is 0 Å². The third-order valence-electron chi connectivity index (χ3n) is 3.69. The van der Waals surface area contributed by atoms with Crippen LogP contribution in [0.4, 0.5) is 11.4 Å². The highest BCUT2D eigenvalue weighted by Crippen LogP contribution is 2.30. The monoisotopic (exact) mass is 278 g/mol. The van der Waals surface area contributed by atoms with Gasteiger partial charge < -0.3 is 20.1 Å². The summed E-state index contributed by atoms with van der Waals surface area (Å²) in [6, 6.07) is 5.83. The quantitative estimate of drug-likeness (QED) is 0.674. The molecule has 0 amide bonds. The van der Waals surface area contributed by atoms with Crippen molar-refractivity contribution in [1.82, 2.24) is 0 Å². The Kier molecular flexibility index (Phi) is 4.71. The topological polar surface area (TPSA) is 64.8 Å². The molecule has 0 spiro atoms. The van der Waals surface area contributed by atoms with Crippen LogP contribution >= 0.6 is 0 Å². The molecule has 0 saturated carbocycles. The Morgan fingerprint density at radius 2 is 2.10 bits per heavy atom. The molecular formula is C15H22N2O3. The van der Waals surface area contributed by atoms with Gasteiger partial charge in [-0.3, -0.25) is 4.79 Å². The van der Waals surface area contributed by atoms with Crippen LogP contribution in [0.3, 0.4) is 0 Å². The normalized spacial score (nSPS) is 16.0. The average molecular weight is 278 g/mol. The fourth-order valence-electron chi connectivity index (χ4n) is 2.54. The van der Waals surface area contributed by atoms with Gasteiger partial charge in [-0.25, -0.2) is 0 Å². The minimum atomic E-state index is -0.100. The Hall–Kier alpha value is -1.91. The van der Waals surface area contributed by atoms with E-state index in [1.807, 2.05) is 25.1 Å². The predicted molar refractivity (Wildman–Crippen MR) is 79.0 cm³/mol. The molecule has 5 nitrogen and oxygen atoms in total. The molecule has 0 radical (unpaired) electrons. The SMILES string of the molecule is CCOc1cc(N2CCC(C(=O)OC)CC2)ccc1N. The Morgan fingerprint density at radius 3 is 2.70 bits per heavy atom. The van der Waals surface area contributed by atoms with Crippen molar-refractivity contribution in [2.45, 2.75) is 19.8 Å². The number of nitrogens with two attached hydrogens (primary N) is 1. The molecule has 0 aromatic heterocycles. The van der Waals surface area contributed by atoms with Crippen molar-refractivity contribution in [3.8, 4) is 5.75 Å². The van der Waals surface area contributed by atoms with E-state index in [-0.39, 0.29) is 11.9 Å². The lowest BCUT2D eigenvalue weighted by Gasteiger charge is -2.32. The molecule has 1 aliphatic heterocycles. The number of hydrogen-bond acceptors (Lipinski definition) is 5.